The predicted molar refractivity (Wildman–Crippen MR) is 379 cm³/mol. The van der Waals surface area contributed by atoms with E-state index in [4.69, 9.17) is 19.9 Å². The van der Waals surface area contributed by atoms with Crippen LogP contribution in [0.4, 0.5) is 68.8 Å². The van der Waals surface area contributed by atoms with Gasteiger partial charge in [-0.05, 0) is 153 Å². The predicted octanol–water partition coefficient (Wildman–Crippen LogP) is 22.4. The molecule has 0 unspecified atom stereocenters. The second-order valence-corrected chi connectivity index (χ2v) is 24.0. The van der Waals surface area contributed by atoms with Crippen molar-refractivity contribution in [3.8, 4) is 11.1 Å². The summed E-state index contributed by atoms with van der Waals surface area (Å²) in [6.45, 7) is 4.77. The molecule has 0 fully saturated rings. The fourth-order valence-corrected chi connectivity index (χ4v) is 13.8. The van der Waals surface area contributed by atoms with Gasteiger partial charge in [-0.25, -0.2) is 19.9 Å². The van der Waals surface area contributed by atoms with Gasteiger partial charge in [0.2, 0.25) is 0 Å². The van der Waals surface area contributed by atoms with Gasteiger partial charge < -0.3 is 0 Å². The molecule has 0 aliphatic heterocycles. The molecule has 1 aliphatic rings. The lowest BCUT2D eigenvalue weighted by molar-refractivity contribution is 0.661. The van der Waals surface area contributed by atoms with Gasteiger partial charge in [0.15, 0.2) is 0 Å². The number of benzene rings is 12. The molecule has 0 spiro atoms. The Morgan fingerprint density at radius 3 is 0.956 bits per heavy atom. The summed E-state index contributed by atoms with van der Waals surface area (Å²) in [5.41, 5.74) is 12.2. The molecule has 8 nitrogen and oxygen atoms in total. The number of nitrogens with zero attached hydrogens (tertiary/aromatic N) is 8. The molecule has 4 aromatic heterocycles. The number of para-hydroxylation sites is 4. The van der Waals surface area contributed by atoms with Gasteiger partial charge >= 0.3 is 0 Å². The van der Waals surface area contributed by atoms with Crippen LogP contribution in [0.1, 0.15) is 25.0 Å². The van der Waals surface area contributed by atoms with Gasteiger partial charge in [-0.3, -0.25) is 19.6 Å². The highest BCUT2D eigenvalue weighted by Gasteiger charge is 2.39. The maximum absolute atomic E-state index is 5.44. The lowest BCUT2D eigenvalue weighted by Crippen LogP contribution is -2.18. The molecule has 0 bridgehead atoms. The third-order valence-corrected chi connectivity index (χ3v) is 18.2. The van der Waals surface area contributed by atoms with Crippen LogP contribution >= 0.6 is 0 Å². The zero-order chi connectivity index (χ0) is 60.6. The first-order valence-corrected chi connectivity index (χ1v) is 30.9. The van der Waals surface area contributed by atoms with Crippen molar-refractivity contribution in [2.75, 3.05) is 19.6 Å². The number of fused-ring (bicyclic) bond motifs is 9. The van der Waals surface area contributed by atoms with Crippen molar-refractivity contribution in [1.29, 1.82) is 0 Å². The van der Waals surface area contributed by atoms with Crippen molar-refractivity contribution < 1.29 is 0 Å². The monoisotopic (exact) mass is 1170 g/mol. The van der Waals surface area contributed by atoms with Crippen molar-refractivity contribution in [2.24, 2.45) is 0 Å². The van der Waals surface area contributed by atoms with Crippen LogP contribution in [0.25, 0.3) is 75.8 Å². The van der Waals surface area contributed by atoms with Crippen LogP contribution in [0.2, 0.25) is 0 Å². The summed E-state index contributed by atoms with van der Waals surface area (Å²) in [6.07, 6.45) is 7.99. The average molecular weight is 1170 g/mol. The molecule has 1 aliphatic carbocycles. The Hall–Kier alpha value is -12.0. The number of rotatable bonds is 12. The van der Waals surface area contributed by atoms with Crippen molar-refractivity contribution in [2.45, 2.75) is 19.3 Å². The summed E-state index contributed by atoms with van der Waals surface area (Å²) in [5, 5.41) is 12.8. The quantitative estimate of drug-likeness (QED) is 0.0886. The molecular weight excluding hydrogens is 1110 g/mol. The van der Waals surface area contributed by atoms with Crippen LogP contribution in [0.5, 0.6) is 0 Å². The standard InChI is InChI=1S/C83H58N8/c1-83(2)75-48-68(89(64-33-9-4-10-34-64)78-44-56-24-16-20-28-60(56)52-85-78)39-41-69(75)71-49-73-74(50-76(71)83)81(90(65-35-11-5-12-36-65)79-45-57-25-17-21-29-61(57)53-86-79)70-42-40-67(88(63-31-7-3-8-32-63)77-43-55-23-15-19-27-59(55)51-84-77)47-72(70)82(73)91(66-37-13-6-14-38-66)80-46-58-26-18-22-30-62(58)54-87-80/h3-54H,1-2H3. The van der Waals surface area contributed by atoms with E-state index in [1.165, 1.54) is 16.7 Å². The molecule has 0 atom stereocenters. The Bertz CT molecular complexity index is 5490. The van der Waals surface area contributed by atoms with E-state index >= 15 is 0 Å². The fourth-order valence-electron chi connectivity index (χ4n) is 13.8. The highest BCUT2D eigenvalue weighted by atomic mass is 15.2. The summed E-state index contributed by atoms with van der Waals surface area (Å²) in [7, 11) is 0. The van der Waals surface area contributed by atoms with Gasteiger partial charge in [0, 0.05) is 107 Å². The van der Waals surface area contributed by atoms with Gasteiger partial charge in [0.05, 0.1) is 11.4 Å². The second-order valence-electron chi connectivity index (χ2n) is 24.0. The normalized spacial score (nSPS) is 12.4. The smallest absolute Gasteiger partial charge is 0.138 e. The fraction of sp³-hybridized carbons (Fsp3) is 0.0361. The zero-order valence-electron chi connectivity index (χ0n) is 50.1. The van der Waals surface area contributed by atoms with E-state index in [1.807, 2.05) is 24.8 Å². The summed E-state index contributed by atoms with van der Waals surface area (Å²) >= 11 is 0. The molecule has 8 heteroatoms. The average Bonchev–Trinajstić information content (AvgIpc) is 1.70. The van der Waals surface area contributed by atoms with Crippen LogP contribution in [0, 0.1) is 0 Å². The van der Waals surface area contributed by atoms with E-state index < -0.39 is 5.41 Å². The van der Waals surface area contributed by atoms with E-state index in [1.54, 1.807) is 0 Å². The summed E-state index contributed by atoms with van der Waals surface area (Å²) in [4.78, 5) is 30.6. The molecule has 4 heterocycles. The SMILES string of the molecule is CC1(C)c2cc(N(c3ccccc3)c3cc4ccccc4cn3)ccc2-c2cc3c(N(c4ccccc4)c4cc5ccccc5cn4)c4cc(N(c5ccccc5)c5cc6ccccc6cn5)ccc4c(N(c4ccccc4)c4cc5ccccc5cn4)c3cc21. The minimum atomic E-state index is -0.481. The van der Waals surface area contributed by atoms with Crippen molar-refractivity contribution in [3.05, 3.63) is 327 Å². The summed E-state index contributed by atoms with van der Waals surface area (Å²) < 4.78 is 0. The molecule has 0 N–H and O–H groups in total. The Morgan fingerprint density at radius 2 is 0.538 bits per heavy atom. The van der Waals surface area contributed by atoms with Gasteiger partial charge in [0.1, 0.15) is 23.3 Å². The molecule has 16 aromatic rings. The molecule has 0 radical (unpaired) electrons. The van der Waals surface area contributed by atoms with Crippen LogP contribution in [0.15, 0.2) is 316 Å². The third kappa shape index (κ3) is 9.14. The van der Waals surface area contributed by atoms with Crippen LogP contribution in [-0.4, -0.2) is 19.9 Å². The van der Waals surface area contributed by atoms with Crippen molar-refractivity contribution in [3.63, 3.8) is 0 Å². The largest absolute Gasteiger partial charge is 0.295 e. The second kappa shape index (κ2) is 21.7. The first-order valence-electron chi connectivity index (χ1n) is 30.9. The van der Waals surface area contributed by atoms with Crippen molar-refractivity contribution in [1.82, 2.24) is 19.9 Å². The zero-order valence-corrected chi connectivity index (χ0v) is 50.1. The van der Waals surface area contributed by atoms with E-state index in [0.29, 0.717) is 0 Å². The highest BCUT2D eigenvalue weighted by Crippen LogP contribution is 2.58. The topological polar surface area (TPSA) is 64.5 Å². The Balaban J connectivity index is 1.00. The maximum atomic E-state index is 5.44. The molecule has 0 saturated heterocycles. The van der Waals surface area contributed by atoms with Gasteiger partial charge in [0.25, 0.3) is 0 Å². The molecule has 12 aromatic carbocycles. The minimum absolute atomic E-state index is 0.481. The lowest BCUT2D eigenvalue weighted by atomic mass is 9.81. The van der Waals surface area contributed by atoms with Crippen LogP contribution < -0.4 is 19.6 Å². The van der Waals surface area contributed by atoms with Crippen LogP contribution in [-0.2, 0) is 5.41 Å². The van der Waals surface area contributed by atoms with Gasteiger partial charge in [-0.15, -0.1) is 0 Å². The summed E-state index contributed by atoms with van der Waals surface area (Å²) in [6, 6.07) is 104. The summed E-state index contributed by atoms with van der Waals surface area (Å²) in [5.74, 6) is 3.22. The van der Waals surface area contributed by atoms with Gasteiger partial charge in [-0.1, -0.05) is 196 Å². The van der Waals surface area contributed by atoms with E-state index in [-0.39, 0.29) is 0 Å². The first kappa shape index (κ1) is 53.3. The number of anilines is 12. The number of aromatic nitrogens is 4. The molecular formula is C83H58N8. The minimum Gasteiger partial charge on any atom is -0.295 e. The third-order valence-electron chi connectivity index (χ3n) is 18.2. The Labute approximate surface area is 527 Å². The van der Waals surface area contributed by atoms with Crippen LogP contribution in [0.3, 0.4) is 0 Å². The van der Waals surface area contributed by atoms with E-state index in [0.717, 1.165) is 139 Å². The number of hydrogen-bond donors (Lipinski definition) is 0. The van der Waals surface area contributed by atoms with E-state index in [2.05, 4.69) is 325 Å². The molecule has 0 saturated carbocycles. The lowest BCUT2D eigenvalue weighted by Gasteiger charge is -2.33. The molecule has 0 amide bonds. The Kier molecular flexibility index (Phi) is 12.7. The molecule has 430 valence electrons. The van der Waals surface area contributed by atoms with Gasteiger partial charge in [-0.2, -0.15) is 0 Å². The van der Waals surface area contributed by atoms with Crippen molar-refractivity contribution >= 4 is 133 Å². The Morgan fingerprint density at radius 1 is 0.231 bits per heavy atom. The number of pyridine rings is 4. The first-order chi connectivity index (χ1) is 44.9. The maximum Gasteiger partial charge on any atom is 0.138 e. The highest BCUT2D eigenvalue weighted by molar-refractivity contribution is 6.25. The number of hydrogen-bond acceptors (Lipinski definition) is 8. The van der Waals surface area contributed by atoms with E-state index in [9.17, 15) is 0 Å². The molecule has 17 rings (SSSR count). The molecule has 91 heavy (non-hydrogen) atoms.